The first kappa shape index (κ1) is 17.6. The summed E-state index contributed by atoms with van der Waals surface area (Å²) in [6, 6.07) is 0. The van der Waals surface area contributed by atoms with Gasteiger partial charge in [0.25, 0.3) is 7.82 Å². The highest BCUT2D eigenvalue weighted by molar-refractivity contribution is 7.45. The lowest BCUT2D eigenvalue weighted by Gasteiger charge is -2.27. The number of quaternary nitrogens is 1. The van der Waals surface area contributed by atoms with Crippen LogP contribution in [0.15, 0.2) is 12.8 Å². The van der Waals surface area contributed by atoms with Gasteiger partial charge in [-0.2, -0.15) is 0 Å². The van der Waals surface area contributed by atoms with Gasteiger partial charge in [-0.05, 0) is 12.8 Å². The number of nitrogens with zero attached hydrogens (tertiary/aromatic N) is 1. The molecule has 1 unspecified atom stereocenters. The largest absolute Gasteiger partial charge is 0.756 e. The molecule has 0 saturated carbocycles. The van der Waals surface area contributed by atoms with Crippen molar-refractivity contribution >= 4 is 7.82 Å². The Hall–Kier alpha value is -0.390. The average Bonchev–Trinajstić information content (AvgIpc) is 2.21. The molecule has 6 nitrogen and oxygen atoms in total. The Morgan fingerprint density at radius 1 is 1.17 bits per heavy atom. The van der Waals surface area contributed by atoms with E-state index < -0.39 is 7.82 Å². The van der Waals surface area contributed by atoms with Crippen LogP contribution in [-0.2, 0) is 18.3 Å². The summed E-state index contributed by atoms with van der Waals surface area (Å²) in [4.78, 5) is 11.3. The molecule has 0 radical (unpaired) electrons. The summed E-state index contributed by atoms with van der Waals surface area (Å²) in [6.45, 7) is 4.76. The van der Waals surface area contributed by atoms with Crippen LogP contribution in [-0.4, -0.2) is 52.0 Å². The second-order valence-electron chi connectivity index (χ2n) is 4.87. The van der Waals surface area contributed by atoms with Crippen LogP contribution in [0, 0.1) is 0 Å². The SMILES string of the molecule is C=COCCCCOP(=O)([O-])OCC[N+](C)(C)C. The smallest absolute Gasteiger partial charge is 0.268 e. The van der Waals surface area contributed by atoms with E-state index in [1.54, 1.807) is 0 Å². The Morgan fingerprint density at radius 2 is 1.72 bits per heavy atom. The summed E-state index contributed by atoms with van der Waals surface area (Å²) in [7, 11) is 1.72. The van der Waals surface area contributed by atoms with Crippen LogP contribution in [0.5, 0.6) is 0 Å². The molecule has 0 saturated heterocycles. The molecule has 0 aliphatic rings. The highest BCUT2D eigenvalue weighted by Gasteiger charge is 2.12. The number of hydrogen-bond acceptors (Lipinski definition) is 5. The van der Waals surface area contributed by atoms with E-state index in [-0.39, 0.29) is 13.2 Å². The summed E-state index contributed by atoms with van der Waals surface area (Å²) in [5.74, 6) is 0. The Morgan fingerprint density at radius 3 is 2.28 bits per heavy atom. The van der Waals surface area contributed by atoms with Gasteiger partial charge in [0.15, 0.2) is 0 Å². The minimum atomic E-state index is -4.16. The topological polar surface area (TPSA) is 67.8 Å². The first-order valence-electron chi connectivity index (χ1n) is 5.90. The first-order valence-corrected chi connectivity index (χ1v) is 7.36. The average molecular weight is 281 g/mol. The van der Waals surface area contributed by atoms with Crippen molar-refractivity contribution in [2.45, 2.75) is 12.8 Å². The molecule has 0 spiro atoms. The molecule has 0 heterocycles. The predicted octanol–water partition coefficient (Wildman–Crippen LogP) is 1.13. The number of ether oxygens (including phenoxy) is 1. The van der Waals surface area contributed by atoms with Crippen LogP contribution in [0.2, 0.25) is 0 Å². The van der Waals surface area contributed by atoms with E-state index in [9.17, 15) is 9.46 Å². The van der Waals surface area contributed by atoms with Gasteiger partial charge in [0.1, 0.15) is 13.2 Å². The second-order valence-corrected chi connectivity index (χ2v) is 6.28. The number of hydrogen-bond donors (Lipinski definition) is 0. The summed E-state index contributed by atoms with van der Waals surface area (Å²) < 4.78 is 26.3. The van der Waals surface area contributed by atoms with Crippen molar-refractivity contribution < 1.29 is 27.7 Å². The molecular weight excluding hydrogens is 257 g/mol. The lowest BCUT2D eigenvalue weighted by Crippen LogP contribution is -2.37. The van der Waals surface area contributed by atoms with Gasteiger partial charge in [0, 0.05) is 0 Å². The van der Waals surface area contributed by atoms with E-state index >= 15 is 0 Å². The van der Waals surface area contributed by atoms with Crippen molar-refractivity contribution in [3.8, 4) is 0 Å². The molecule has 0 aromatic rings. The van der Waals surface area contributed by atoms with Crippen LogP contribution < -0.4 is 4.89 Å². The third-order valence-corrected chi connectivity index (χ3v) is 3.03. The molecule has 1 atom stereocenters. The van der Waals surface area contributed by atoms with Gasteiger partial charge in [0.05, 0.1) is 40.6 Å². The first-order chi connectivity index (χ1) is 8.27. The zero-order valence-corrected chi connectivity index (χ0v) is 12.4. The van der Waals surface area contributed by atoms with Crippen LogP contribution in [0.25, 0.3) is 0 Å². The van der Waals surface area contributed by atoms with Gasteiger partial charge in [-0.1, -0.05) is 6.58 Å². The van der Waals surface area contributed by atoms with Gasteiger partial charge < -0.3 is 23.2 Å². The molecule has 0 bridgehead atoms. The van der Waals surface area contributed by atoms with E-state index in [2.05, 4.69) is 6.58 Å². The molecule has 0 aliphatic carbocycles. The molecule has 0 fully saturated rings. The normalized spacial score (nSPS) is 15.1. The number of phosphoric ester groups is 1. The Kier molecular flexibility index (Phi) is 8.48. The molecule has 0 amide bonds. The number of rotatable bonds is 11. The zero-order valence-electron chi connectivity index (χ0n) is 11.5. The summed E-state index contributed by atoms with van der Waals surface area (Å²) in [5, 5.41) is 0. The maximum Gasteiger partial charge on any atom is 0.268 e. The fourth-order valence-electron chi connectivity index (χ4n) is 1.01. The number of unbranched alkanes of at least 4 members (excludes halogenated alkanes) is 1. The third kappa shape index (κ3) is 12.1. The molecule has 0 aliphatic heterocycles. The maximum atomic E-state index is 11.3. The third-order valence-electron chi connectivity index (χ3n) is 2.04. The molecular formula is C11H24NO5P. The van der Waals surface area contributed by atoms with E-state index in [4.69, 9.17) is 13.8 Å². The summed E-state index contributed by atoms with van der Waals surface area (Å²) in [5.41, 5.74) is 0. The molecule has 0 N–H and O–H groups in total. The fraction of sp³-hybridized carbons (Fsp3) is 0.818. The van der Waals surface area contributed by atoms with Gasteiger partial charge in [-0.3, -0.25) is 4.57 Å². The Labute approximate surface area is 109 Å². The molecule has 7 heteroatoms. The molecule has 0 aromatic carbocycles. The summed E-state index contributed by atoms with van der Waals surface area (Å²) >= 11 is 0. The van der Waals surface area contributed by atoms with Crippen molar-refractivity contribution in [1.29, 1.82) is 0 Å². The van der Waals surface area contributed by atoms with Crippen LogP contribution in [0.1, 0.15) is 12.8 Å². The Balaban J connectivity index is 3.61. The highest BCUT2D eigenvalue weighted by Crippen LogP contribution is 2.38. The molecule has 108 valence electrons. The van der Waals surface area contributed by atoms with E-state index in [0.29, 0.717) is 30.5 Å². The standard InChI is InChI=1S/C11H24NO5P/c1-5-15-9-6-7-10-16-18(13,14)17-11-8-12(2,3)4/h5H,1,6-11H2,2-4H3. The van der Waals surface area contributed by atoms with E-state index in [0.717, 1.165) is 0 Å². The van der Waals surface area contributed by atoms with Crippen molar-refractivity contribution in [3.05, 3.63) is 12.8 Å². The van der Waals surface area contributed by atoms with Gasteiger partial charge in [-0.25, -0.2) is 0 Å². The lowest BCUT2D eigenvalue weighted by molar-refractivity contribution is -0.870. The van der Waals surface area contributed by atoms with Crippen LogP contribution in [0.4, 0.5) is 0 Å². The van der Waals surface area contributed by atoms with Crippen LogP contribution in [0.3, 0.4) is 0 Å². The van der Waals surface area contributed by atoms with Crippen molar-refractivity contribution in [3.63, 3.8) is 0 Å². The lowest BCUT2D eigenvalue weighted by atomic mass is 10.3. The van der Waals surface area contributed by atoms with Crippen molar-refractivity contribution in [1.82, 2.24) is 0 Å². The number of phosphoric acid groups is 1. The van der Waals surface area contributed by atoms with Crippen molar-refractivity contribution in [2.24, 2.45) is 0 Å². The molecule has 0 aromatic heterocycles. The minimum Gasteiger partial charge on any atom is -0.756 e. The van der Waals surface area contributed by atoms with E-state index in [1.807, 2.05) is 21.1 Å². The van der Waals surface area contributed by atoms with Gasteiger partial charge >= 0.3 is 0 Å². The van der Waals surface area contributed by atoms with E-state index in [1.165, 1.54) is 6.26 Å². The second kappa shape index (κ2) is 8.67. The molecule has 0 rings (SSSR count). The van der Waals surface area contributed by atoms with Crippen LogP contribution >= 0.6 is 7.82 Å². The molecule has 18 heavy (non-hydrogen) atoms. The quantitative estimate of drug-likeness (QED) is 0.246. The zero-order chi connectivity index (χ0) is 14.1. The maximum absolute atomic E-state index is 11.3. The fourth-order valence-corrected chi connectivity index (χ4v) is 1.74. The Bertz CT molecular complexity index is 277. The van der Waals surface area contributed by atoms with Crippen molar-refractivity contribution in [2.75, 3.05) is 47.5 Å². The van der Waals surface area contributed by atoms with Gasteiger partial charge in [0.2, 0.25) is 0 Å². The minimum absolute atomic E-state index is 0.117. The summed E-state index contributed by atoms with van der Waals surface area (Å²) in [6.07, 6.45) is 2.66. The monoisotopic (exact) mass is 281 g/mol. The predicted molar refractivity (Wildman–Crippen MR) is 67.8 cm³/mol. The van der Waals surface area contributed by atoms with Gasteiger partial charge in [-0.15, -0.1) is 0 Å². The highest BCUT2D eigenvalue weighted by atomic mass is 31.2. The number of likely N-dealkylation sites (N-methyl/N-ethyl adjacent to an activating group) is 1.